The van der Waals surface area contributed by atoms with Crippen LogP contribution in [0, 0.1) is 0 Å². The lowest BCUT2D eigenvalue weighted by Crippen LogP contribution is -2.28. The molecule has 0 amide bonds. The predicted octanol–water partition coefficient (Wildman–Crippen LogP) is 11.5. The minimum absolute atomic E-state index is 0.689. The van der Waals surface area contributed by atoms with Gasteiger partial charge >= 0.3 is 0 Å². The zero-order valence-electron chi connectivity index (χ0n) is 29.5. The van der Waals surface area contributed by atoms with E-state index in [1.165, 1.54) is 54.7 Å². The molecule has 0 aliphatic heterocycles. The fourth-order valence-electron chi connectivity index (χ4n) is 9.16. The van der Waals surface area contributed by atoms with Crippen LogP contribution < -0.4 is 0 Å². The molecule has 0 unspecified atom stereocenters. The van der Waals surface area contributed by atoms with E-state index < -0.39 is 5.41 Å². The van der Waals surface area contributed by atoms with Gasteiger partial charge in [-0.05, 0) is 70.8 Å². The summed E-state index contributed by atoms with van der Waals surface area (Å²) in [6.07, 6.45) is 0. The first-order valence-corrected chi connectivity index (χ1v) is 18.2. The maximum absolute atomic E-state index is 5.51. The summed E-state index contributed by atoms with van der Waals surface area (Å²) in [6.45, 7) is 0. The van der Waals surface area contributed by atoms with Crippen molar-refractivity contribution in [1.29, 1.82) is 0 Å². The first-order valence-electron chi connectivity index (χ1n) is 18.2. The third-order valence-corrected chi connectivity index (χ3v) is 11.7. The van der Waals surface area contributed by atoms with Gasteiger partial charge in [-0.3, -0.25) is 0 Å². The molecule has 1 aliphatic carbocycles. The van der Waals surface area contributed by atoms with Crippen LogP contribution in [0.2, 0.25) is 0 Å². The van der Waals surface area contributed by atoms with Crippen molar-refractivity contribution in [2.75, 3.05) is 0 Å². The Morgan fingerprint density at radius 3 is 1.23 bits per heavy atom. The fourth-order valence-corrected chi connectivity index (χ4v) is 9.16. The second-order valence-corrected chi connectivity index (χ2v) is 14.3. The molecule has 4 heteroatoms. The number of para-hydroxylation sites is 2. The molecule has 0 radical (unpaired) electrons. The van der Waals surface area contributed by atoms with Gasteiger partial charge in [0.1, 0.15) is 0 Å². The minimum atomic E-state index is -0.689. The van der Waals surface area contributed by atoms with Crippen molar-refractivity contribution in [3.63, 3.8) is 0 Å². The van der Waals surface area contributed by atoms with E-state index in [1.54, 1.807) is 0 Å². The molecule has 0 saturated carbocycles. The van der Waals surface area contributed by atoms with Crippen molar-refractivity contribution >= 4 is 43.6 Å². The quantitative estimate of drug-likeness (QED) is 0.186. The second kappa shape index (κ2) is 11.1. The van der Waals surface area contributed by atoms with E-state index in [2.05, 4.69) is 193 Å². The van der Waals surface area contributed by atoms with Gasteiger partial charge in [-0.15, -0.1) is 0 Å². The smallest absolute Gasteiger partial charge is 0.0945 e. The first-order chi connectivity index (χ1) is 26.1. The van der Waals surface area contributed by atoms with Gasteiger partial charge in [-0.2, -0.15) is 0 Å². The normalized spacial score (nSPS) is 13.2. The molecule has 0 bridgehead atoms. The molecule has 10 aromatic rings. The van der Waals surface area contributed by atoms with E-state index in [4.69, 9.17) is 9.97 Å². The SMILES string of the molecule is Cn1c2ccccc2c2cc(C3(c4ccc5c(c4)c4ccccc4n5C)c4ccc(-c5ccccc5)nc4-c4nc(-c5ccccc5)ccc43)ccc21. The van der Waals surface area contributed by atoms with E-state index in [0.29, 0.717) is 0 Å². The topological polar surface area (TPSA) is 35.6 Å². The van der Waals surface area contributed by atoms with E-state index in [1.807, 2.05) is 0 Å². The summed E-state index contributed by atoms with van der Waals surface area (Å²) in [6, 6.07) is 61.5. The lowest BCUT2D eigenvalue weighted by Gasteiger charge is -2.33. The molecule has 53 heavy (non-hydrogen) atoms. The van der Waals surface area contributed by atoms with Crippen LogP contribution in [-0.4, -0.2) is 19.1 Å². The standard InChI is InChI=1S/C49H34N4/c1-52-43-19-11-9-17-35(43)37-29-33(21-27-45(37)52)49(34-22-28-46-38(30-34)36-18-10-12-20-44(36)53(46)2)39-23-25-41(31-13-5-3-6-14-31)50-47(39)48-40(49)24-26-42(51-48)32-15-7-4-8-16-32/h3-30H,1-2H3. The molecule has 0 saturated heterocycles. The molecule has 4 aromatic heterocycles. The predicted molar refractivity (Wildman–Crippen MR) is 218 cm³/mol. The van der Waals surface area contributed by atoms with Crippen LogP contribution in [0.5, 0.6) is 0 Å². The number of aromatic nitrogens is 4. The van der Waals surface area contributed by atoms with Crippen LogP contribution in [0.4, 0.5) is 0 Å². The van der Waals surface area contributed by atoms with E-state index in [9.17, 15) is 0 Å². The molecule has 0 spiro atoms. The number of hydrogen-bond acceptors (Lipinski definition) is 2. The number of benzene rings is 6. The van der Waals surface area contributed by atoms with Crippen LogP contribution in [-0.2, 0) is 19.5 Å². The molecule has 0 N–H and O–H groups in total. The molecule has 0 atom stereocenters. The molecule has 4 heterocycles. The van der Waals surface area contributed by atoms with Gasteiger partial charge in [0.2, 0.25) is 0 Å². The Hall–Kier alpha value is -6.78. The maximum atomic E-state index is 5.51. The van der Waals surface area contributed by atoms with E-state index in [0.717, 1.165) is 45.0 Å². The molecule has 4 nitrogen and oxygen atoms in total. The highest BCUT2D eigenvalue weighted by Gasteiger charge is 2.48. The molecular weight excluding hydrogens is 645 g/mol. The summed E-state index contributed by atoms with van der Waals surface area (Å²) in [5.74, 6) is 0. The fraction of sp³-hybridized carbons (Fsp3) is 0.0612. The number of pyridine rings is 2. The summed E-state index contributed by atoms with van der Waals surface area (Å²) in [5.41, 5.74) is 14.8. The van der Waals surface area contributed by atoms with Crippen LogP contribution >= 0.6 is 0 Å². The average molecular weight is 679 g/mol. The van der Waals surface area contributed by atoms with Crippen molar-refractivity contribution in [3.05, 3.63) is 192 Å². The van der Waals surface area contributed by atoms with Gasteiger partial charge in [0.25, 0.3) is 0 Å². The maximum Gasteiger partial charge on any atom is 0.0945 e. The van der Waals surface area contributed by atoms with Crippen molar-refractivity contribution in [3.8, 4) is 33.9 Å². The summed E-state index contributed by atoms with van der Waals surface area (Å²) in [7, 11) is 4.33. The van der Waals surface area contributed by atoms with E-state index in [-0.39, 0.29) is 0 Å². The third-order valence-electron chi connectivity index (χ3n) is 11.7. The van der Waals surface area contributed by atoms with Gasteiger partial charge in [-0.25, -0.2) is 9.97 Å². The van der Waals surface area contributed by atoms with Gasteiger partial charge in [0.15, 0.2) is 0 Å². The Kier molecular flexibility index (Phi) is 6.27. The summed E-state index contributed by atoms with van der Waals surface area (Å²) in [4.78, 5) is 11.0. The third kappa shape index (κ3) is 4.12. The number of rotatable bonds is 4. The number of nitrogens with zero attached hydrogens (tertiary/aromatic N) is 4. The Morgan fingerprint density at radius 2 is 0.774 bits per heavy atom. The Bertz CT molecular complexity index is 2870. The van der Waals surface area contributed by atoms with Crippen LogP contribution in [0.15, 0.2) is 170 Å². The highest BCUT2D eigenvalue weighted by molar-refractivity contribution is 6.10. The number of hydrogen-bond donors (Lipinski definition) is 0. The Balaban J connectivity index is 1.28. The zero-order chi connectivity index (χ0) is 35.3. The largest absolute Gasteiger partial charge is 0.344 e. The zero-order valence-corrected chi connectivity index (χ0v) is 29.5. The van der Waals surface area contributed by atoms with Gasteiger partial charge < -0.3 is 9.13 Å². The van der Waals surface area contributed by atoms with Gasteiger partial charge in [0.05, 0.1) is 28.2 Å². The number of fused-ring (bicyclic) bond motifs is 9. The molecule has 1 aliphatic rings. The molecule has 0 fully saturated rings. The Morgan fingerprint density at radius 1 is 0.377 bits per heavy atom. The van der Waals surface area contributed by atoms with Crippen LogP contribution in [0.3, 0.4) is 0 Å². The van der Waals surface area contributed by atoms with Crippen molar-refractivity contribution < 1.29 is 0 Å². The summed E-state index contributed by atoms with van der Waals surface area (Å²) < 4.78 is 4.61. The summed E-state index contributed by atoms with van der Waals surface area (Å²) in [5, 5.41) is 4.98. The highest BCUT2D eigenvalue weighted by atomic mass is 14.9. The van der Waals surface area contributed by atoms with Gasteiger partial charge in [-0.1, -0.05) is 121 Å². The Labute approximate surface area is 307 Å². The molecule has 6 aromatic carbocycles. The number of aryl methyl sites for hydroxylation is 2. The van der Waals surface area contributed by atoms with Crippen molar-refractivity contribution in [1.82, 2.24) is 19.1 Å². The lowest BCUT2D eigenvalue weighted by molar-refractivity contribution is 0.767. The summed E-state index contributed by atoms with van der Waals surface area (Å²) >= 11 is 0. The van der Waals surface area contributed by atoms with Crippen LogP contribution in [0.25, 0.3) is 77.5 Å². The molecule has 250 valence electrons. The molecular formula is C49H34N4. The average Bonchev–Trinajstić information content (AvgIpc) is 3.80. The van der Waals surface area contributed by atoms with E-state index >= 15 is 0 Å². The monoisotopic (exact) mass is 678 g/mol. The van der Waals surface area contributed by atoms with Crippen LogP contribution in [0.1, 0.15) is 22.3 Å². The molecule has 11 rings (SSSR count). The minimum Gasteiger partial charge on any atom is -0.344 e. The van der Waals surface area contributed by atoms with Crippen molar-refractivity contribution in [2.45, 2.75) is 5.41 Å². The van der Waals surface area contributed by atoms with Crippen molar-refractivity contribution in [2.24, 2.45) is 14.1 Å². The first kappa shape index (κ1) is 29.9. The van der Waals surface area contributed by atoms with Gasteiger partial charge in [0, 0.05) is 68.8 Å². The highest BCUT2D eigenvalue weighted by Crippen LogP contribution is 2.56. The second-order valence-electron chi connectivity index (χ2n) is 14.3. The lowest BCUT2D eigenvalue weighted by atomic mass is 9.67.